The van der Waals surface area contributed by atoms with Crippen LogP contribution in [0.1, 0.15) is 34.7 Å². The van der Waals surface area contributed by atoms with Gasteiger partial charge < -0.3 is 4.40 Å². The zero-order chi connectivity index (χ0) is 12.2. The summed E-state index contributed by atoms with van der Waals surface area (Å²) in [5.41, 5.74) is 2.99. The number of aromatic nitrogens is 1. The van der Waals surface area contributed by atoms with Crippen molar-refractivity contribution >= 4 is 17.1 Å². The van der Waals surface area contributed by atoms with Crippen molar-refractivity contribution in [3.05, 3.63) is 52.9 Å². The van der Waals surface area contributed by atoms with Crippen molar-refractivity contribution in [2.75, 3.05) is 0 Å². The van der Waals surface area contributed by atoms with E-state index in [0.29, 0.717) is 22.4 Å². The van der Waals surface area contributed by atoms with Gasteiger partial charge in [-0.25, -0.2) is 0 Å². The van der Waals surface area contributed by atoms with Gasteiger partial charge in [0.15, 0.2) is 5.78 Å². The second kappa shape index (κ2) is 3.17. The Morgan fingerprint density at radius 3 is 2.47 bits per heavy atom. The van der Waals surface area contributed by atoms with Gasteiger partial charge in [0.05, 0.1) is 5.56 Å². The van der Waals surface area contributed by atoms with Crippen LogP contribution in [0.25, 0.3) is 5.52 Å². The summed E-state index contributed by atoms with van der Waals surface area (Å²) in [5, 5.41) is 0. The highest BCUT2D eigenvalue weighted by Crippen LogP contribution is 2.28. The van der Waals surface area contributed by atoms with Crippen molar-refractivity contribution in [1.82, 2.24) is 4.40 Å². The fraction of sp³-hybridized carbons (Fsp3) is 0.143. The molecule has 2 heterocycles. The summed E-state index contributed by atoms with van der Waals surface area (Å²) < 4.78 is 1.78. The third-order valence-electron chi connectivity index (χ3n) is 3.38. The minimum Gasteiger partial charge on any atom is -0.313 e. The van der Waals surface area contributed by atoms with Crippen molar-refractivity contribution in [1.29, 1.82) is 0 Å². The molecule has 0 atom stereocenters. The molecule has 3 rings (SSSR count). The molecule has 0 spiro atoms. The molecule has 0 fully saturated rings. The Balaban J connectivity index is 2.44. The van der Waals surface area contributed by atoms with Gasteiger partial charge in [-0.1, -0.05) is 6.07 Å². The second-order valence-electron chi connectivity index (χ2n) is 4.31. The first-order valence-electron chi connectivity index (χ1n) is 5.48. The molecule has 0 bridgehead atoms. The van der Waals surface area contributed by atoms with E-state index in [-0.39, 0.29) is 11.6 Å². The summed E-state index contributed by atoms with van der Waals surface area (Å²) in [4.78, 5) is 24.3. The first kappa shape index (κ1) is 10.0. The van der Waals surface area contributed by atoms with Gasteiger partial charge >= 0.3 is 0 Å². The molecular formula is C14H11NO2. The van der Waals surface area contributed by atoms with Gasteiger partial charge in [-0.2, -0.15) is 0 Å². The molecule has 17 heavy (non-hydrogen) atoms. The van der Waals surface area contributed by atoms with Crippen LogP contribution < -0.4 is 0 Å². The van der Waals surface area contributed by atoms with Crippen LogP contribution in [0.3, 0.4) is 0 Å². The van der Waals surface area contributed by atoms with Crippen molar-refractivity contribution in [2.45, 2.75) is 13.8 Å². The Kier molecular flexibility index (Phi) is 1.87. The van der Waals surface area contributed by atoms with Gasteiger partial charge in [0.25, 0.3) is 0 Å². The van der Waals surface area contributed by atoms with Crippen LogP contribution in [-0.4, -0.2) is 16.0 Å². The minimum atomic E-state index is -0.0525. The fourth-order valence-corrected chi connectivity index (χ4v) is 2.25. The number of pyridine rings is 1. The molecule has 2 aromatic rings. The monoisotopic (exact) mass is 225 g/mol. The van der Waals surface area contributed by atoms with Crippen LogP contribution in [-0.2, 0) is 0 Å². The molecule has 2 aromatic heterocycles. The third kappa shape index (κ3) is 1.16. The maximum Gasteiger partial charge on any atom is 0.206 e. The van der Waals surface area contributed by atoms with Crippen LogP contribution in [0.2, 0.25) is 0 Å². The fourth-order valence-electron chi connectivity index (χ4n) is 2.25. The molecule has 0 aliphatic heterocycles. The van der Waals surface area contributed by atoms with E-state index in [0.717, 1.165) is 5.52 Å². The van der Waals surface area contributed by atoms with E-state index < -0.39 is 0 Å². The lowest BCUT2D eigenvalue weighted by atomic mass is 9.90. The Hall–Kier alpha value is -2.16. The molecule has 84 valence electrons. The van der Waals surface area contributed by atoms with Gasteiger partial charge in [0.2, 0.25) is 5.78 Å². The van der Waals surface area contributed by atoms with E-state index in [1.807, 2.05) is 24.4 Å². The lowest BCUT2D eigenvalue weighted by Gasteiger charge is -2.13. The molecule has 1 aliphatic rings. The number of rotatable bonds is 0. The SMILES string of the molecule is CC1=C(C)C(=O)c2c(cc3ccccn23)C1=O. The molecule has 3 heteroatoms. The number of ketones is 2. The Morgan fingerprint density at radius 2 is 1.71 bits per heavy atom. The predicted octanol–water partition coefficient (Wildman–Crippen LogP) is 2.65. The smallest absolute Gasteiger partial charge is 0.206 e. The summed E-state index contributed by atoms with van der Waals surface area (Å²) in [6.45, 7) is 3.42. The summed E-state index contributed by atoms with van der Waals surface area (Å²) in [6.07, 6.45) is 1.81. The predicted molar refractivity (Wildman–Crippen MR) is 64.4 cm³/mol. The number of hydrogen-bond acceptors (Lipinski definition) is 2. The van der Waals surface area contributed by atoms with Crippen molar-refractivity contribution < 1.29 is 9.59 Å². The molecule has 0 unspecified atom stereocenters. The lowest BCUT2D eigenvalue weighted by molar-refractivity contribution is 0.0971. The van der Waals surface area contributed by atoms with E-state index in [4.69, 9.17) is 0 Å². The number of carbonyl (C=O) groups is 2. The van der Waals surface area contributed by atoms with Crippen molar-refractivity contribution in [3.63, 3.8) is 0 Å². The Bertz CT molecular complexity index is 704. The Morgan fingerprint density at radius 1 is 1.00 bits per heavy atom. The number of allylic oxidation sites excluding steroid dienone is 2. The largest absolute Gasteiger partial charge is 0.313 e. The van der Waals surface area contributed by atoms with Crippen LogP contribution in [0.5, 0.6) is 0 Å². The molecule has 0 amide bonds. The van der Waals surface area contributed by atoms with E-state index in [2.05, 4.69) is 0 Å². The van der Waals surface area contributed by atoms with Crippen LogP contribution >= 0.6 is 0 Å². The van der Waals surface area contributed by atoms with E-state index in [9.17, 15) is 9.59 Å². The molecule has 0 aromatic carbocycles. The lowest BCUT2D eigenvalue weighted by Crippen LogP contribution is -2.19. The van der Waals surface area contributed by atoms with Gasteiger partial charge in [-0.15, -0.1) is 0 Å². The van der Waals surface area contributed by atoms with Crippen molar-refractivity contribution in [3.8, 4) is 0 Å². The number of fused-ring (bicyclic) bond motifs is 3. The molecule has 0 saturated carbocycles. The van der Waals surface area contributed by atoms with Crippen LogP contribution in [0.4, 0.5) is 0 Å². The van der Waals surface area contributed by atoms with Crippen LogP contribution in [0.15, 0.2) is 41.6 Å². The normalized spacial score (nSPS) is 15.6. The first-order chi connectivity index (χ1) is 8.11. The minimum absolute atomic E-state index is 0.0409. The van der Waals surface area contributed by atoms with Gasteiger partial charge in [-0.05, 0) is 32.0 Å². The molecule has 0 radical (unpaired) electrons. The van der Waals surface area contributed by atoms with Gasteiger partial charge in [0.1, 0.15) is 5.69 Å². The van der Waals surface area contributed by atoms with Crippen molar-refractivity contribution in [2.24, 2.45) is 0 Å². The Labute approximate surface area is 98.4 Å². The third-order valence-corrected chi connectivity index (χ3v) is 3.38. The van der Waals surface area contributed by atoms with E-state index in [1.54, 1.807) is 24.3 Å². The molecular weight excluding hydrogens is 214 g/mol. The number of carbonyl (C=O) groups excluding carboxylic acids is 2. The molecule has 0 saturated heterocycles. The molecule has 0 N–H and O–H groups in total. The maximum absolute atomic E-state index is 12.2. The first-order valence-corrected chi connectivity index (χ1v) is 5.48. The number of Topliss-reactive ketones (excluding diaryl/α,β-unsaturated/α-hetero) is 2. The highest BCUT2D eigenvalue weighted by Gasteiger charge is 2.30. The number of hydrogen-bond donors (Lipinski definition) is 0. The summed E-state index contributed by atoms with van der Waals surface area (Å²) in [7, 11) is 0. The quantitative estimate of drug-likeness (QED) is 0.691. The highest BCUT2D eigenvalue weighted by atomic mass is 16.1. The average Bonchev–Trinajstić information content (AvgIpc) is 2.73. The van der Waals surface area contributed by atoms with E-state index >= 15 is 0 Å². The molecule has 1 aliphatic carbocycles. The highest BCUT2D eigenvalue weighted by molar-refractivity contribution is 6.26. The number of nitrogens with zero attached hydrogens (tertiary/aromatic N) is 1. The summed E-state index contributed by atoms with van der Waals surface area (Å²) in [6, 6.07) is 7.42. The van der Waals surface area contributed by atoms with Crippen LogP contribution in [0, 0.1) is 0 Å². The zero-order valence-corrected chi connectivity index (χ0v) is 9.65. The molecule has 3 nitrogen and oxygen atoms in total. The van der Waals surface area contributed by atoms with Gasteiger partial charge in [0, 0.05) is 22.9 Å². The van der Waals surface area contributed by atoms with E-state index in [1.165, 1.54) is 0 Å². The maximum atomic E-state index is 12.2. The second-order valence-corrected chi connectivity index (χ2v) is 4.31. The summed E-state index contributed by atoms with van der Waals surface area (Å²) in [5.74, 6) is -0.0934. The topological polar surface area (TPSA) is 38.5 Å². The average molecular weight is 225 g/mol. The van der Waals surface area contributed by atoms with Gasteiger partial charge in [-0.3, -0.25) is 9.59 Å². The summed E-state index contributed by atoms with van der Waals surface area (Å²) >= 11 is 0. The standard InChI is InChI=1S/C14H11NO2/c1-8-9(2)14(17)12-11(13(8)16)7-10-5-3-4-6-15(10)12/h3-7H,1-2H3. The zero-order valence-electron chi connectivity index (χ0n) is 9.65.